The lowest BCUT2D eigenvalue weighted by molar-refractivity contribution is 0.142. The van der Waals surface area contributed by atoms with Crippen molar-refractivity contribution in [3.63, 3.8) is 0 Å². The zero-order chi connectivity index (χ0) is 12.3. The van der Waals surface area contributed by atoms with Crippen molar-refractivity contribution in [3.8, 4) is 5.75 Å². The summed E-state index contributed by atoms with van der Waals surface area (Å²) in [5, 5.41) is 0. The molecule has 1 amide bonds. The zero-order valence-electron chi connectivity index (χ0n) is 9.92. The van der Waals surface area contributed by atoms with Crippen LogP contribution in [-0.4, -0.2) is 31.8 Å². The van der Waals surface area contributed by atoms with Crippen molar-refractivity contribution in [1.29, 1.82) is 0 Å². The van der Waals surface area contributed by atoms with E-state index in [0.717, 1.165) is 11.3 Å². The quantitative estimate of drug-likeness (QED) is 0.787. The van der Waals surface area contributed by atoms with E-state index in [9.17, 15) is 4.79 Å². The van der Waals surface area contributed by atoms with Crippen LogP contribution in [0.5, 0.6) is 5.75 Å². The highest BCUT2D eigenvalue weighted by Crippen LogP contribution is 2.31. The summed E-state index contributed by atoms with van der Waals surface area (Å²) in [5.74, 6) is 0.999. The fourth-order valence-electron chi connectivity index (χ4n) is 1.97. The first kappa shape index (κ1) is 11.5. The molecule has 0 N–H and O–H groups in total. The van der Waals surface area contributed by atoms with Crippen LogP contribution in [0.25, 0.3) is 0 Å². The van der Waals surface area contributed by atoms with Crippen LogP contribution in [0.2, 0.25) is 0 Å². The predicted molar refractivity (Wildman–Crippen MR) is 64.0 cm³/mol. The van der Waals surface area contributed by atoms with Crippen molar-refractivity contribution < 1.29 is 14.3 Å². The molecule has 1 aromatic carbocycles. The molecule has 0 saturated heterocycles. The number of ether oxygens (including phenoxy) is 2. The summed E-state index contributed by atoms with van der Waals surface area (Å²) in [4.78, 5) is 12.9. The summed E-state index contributed by atoms with van der Waals surface area (Å²) in [6.07, 6.45) is 3.40. The molecule has 1 heterocycles. The molecule has 0 spiro atoms. The van der Waals surface area contributed by atoms with Gasteiger partial charge in [-0.3, -0.25) is 4.90 Å². The SMILES string of the molecule is COC(=O)N1C=CC(c2ccccc2OC)C1. The van der Waals surface area contributed by atoms with E-state index in [1.54, 1.807) is 18.2 Å². The molecule has 0 aliphatic carbocycles. The number of para-hydroxylation sites is 1. The maximum atomic E-state index is 11.4. The number of carbonyl (C=O) groups excluding carboxylic acids is 1. The summed E-state index contributed by atoms with van der Waals surface area (Å²) in [7, 11) is 3.03. The van der Waals surface area contributed by atoms with Crippen LogP contribution < -0.4 is 4.74 Å². The fraction of sp³-hybridized carbons (Fsp3) is 0.308. The topological polar surface area (TPSA) is 38.8 Å². The van der Waals surface area contributed by atoms with Gasteiger partial charge in [0, 0.05) is 24.2 Å². The number of amides is 1. The molecule has 0 radical (unpaired) electrons. The Kier molecular flexibility index (Phi) is 3.32. The van der Waals surface area contributed by atoms with Gasteiger partial charge in [0.2, 0.25) is 0 Å². The fourth-order valence-corrected chi connectivity index (χ4v) is 1.97. The molecule has 1 aliphatic heterocycles. The molecule has 0 fully saturated rings. The van der Waals surface area contributed by atoms with Crippen molar-refractivity contribution in [2.45, 2.75) is 5.92 Å². The minimum atomic E-state index is -0.335. The molecular weight excluding hydrogens is 218 g/mol. The van der Waals surface area contributed by atoms with E-state index in [1.165, 1.54) is 7.11 Å². The number of hydrogen-bond donors (Lipinski definition) is 0. The van der Waals surface area contributed by atoms with Gasteiger partial charge in [-0.2, -0.15) is 0 Å². The Morgan fingerprint density at radius 3 is 2.82 bits per heavy atom. The standard InChI is InChI=1S/C13H15NO3/c1-16-12-6-4-3-5-11(12)10-7-8-14(9-10)13(15)17-2/h3-8,10H,9H2,1-2H3. The van der Waals surface area contributed by atoms with Crippen LogP contribution in [0.3, 0.4) is 0 Å². The van der Waals surface area contributed by atoms with Gasteiger partial charge in [-0.15, -0.1) is 0 Å². The summed E-state index contributed by atoms with van der Waals surface area (Å²) in [6, 6.07) is 7.82. The summed E-state index contributed by atoms with van der Waals surface area (Å²) in [5.41, 5.74) is 1.08. The molecule has 0 saturated carbocycles. The first-order chi connectivity index (χ1) is 8.26. The molecule has 4 nitrogen and oxygen atoms in total. The number of hydrogen-bond acceptors (Lipinski definition) is 3. The second-order valence-corrected chi connectivity index (χ2v) is 3.81. The summed E-state index contributed by atoms with van der Waals surface area (Å²) < 4.78 is 9.99. The van der Waals surface area contributed by atoms with Crippen LogP contribution in [0.1, 0.15) is 11.5 Å². The third kappa shape index (κ3) is 2.25. The van der Waals surface area contributed by atoms with Gasteiger partial charge in [-0.25, -0.2) is 4.79 Å². The lowest BCUT2D eigenvalue weighted by Gasteiger charge is -2.16. The summed E-state index contributed by atoms with van der Waals surface area (Å²) >= 11 is 0. The molecule has 1 aromatic rings. The molecule has 17 heavy (non-hydrogen) atoms. The second-order valence-electron chi connectivity index (χ2n) is 3.81. The third-order valence-electron chi connectivity index (χ3n) is 2.84. The predicted octanol–water partition coefficient (Wildman–Crippen LogP) is 2.37. The average Bonchev–Trinajstić information content (AvgIpc) is 2.87. The normalized spacial score (nSPS) is 18.2. The zero-order valence-corrected chi connectivity index (χ0v) is 9.92. The Morgan fingerprint density at radius 1 is 1.35 bits per heavy atom. The van der Waals surface area contributed by atoms with Crippen molar-refractivity contribution >= 4 is 6.09 Å². The number of benzene rings is 1. The van der Waals surface area contributed by atoms with Crippen LogP contribution in [-0.2, 0) is 4.74 Å². The smallest absolute Gasteiger partial charge is 0.413 e. The monoisotopic (exact) mass is 233 g/mol. The number of nitrogens with zero attached hydrogens (tertiary/aromatic N) is 1. The van der Waals surface area contributed by atoms with E-state index in [1.807, 2.05) is 30.3 Å². The van der Waals surface area contributed by atoms with Gasteiger partial charge in [-0.05, 0) is 6.07 Å². The number of carbonyl (C=O) groups is 1. The molecule has 1 atom stereocenters. The van der Waals surface area contributed by atoms with Gasteiger partial charge in [-0.1, -0.05) is 24.3 Å². The van der Waals surface area contributed by atoms with Crippen LogP contribution in [0, 0.1) is 0 Å². The molecular formula is C13H15NO3. The highest BCUT2D eigenvalue weighted by molar-refractivity contribution is 5.69. The minimum absolute atomic E-state index is 0.158. The Morgan fingerprint density at radius 2 is 2.12 bits per heavy atom. The highest BCUT2D eigenvalue weighted by atomic mass is 16.5. The molecule has 4 heteroatoms. The maximum Gasteiger partial charge on any atom is 0.413 e. The Hall–Kier alpha value is -1.97. The van der Waals surface area contributed by atoms with Crippen LogP contribution >= 0.6 is 0 Å². The molecule has 0 bridgehead atoms. The van der Waals surface area contributed by atoms with Gasteiger partial charge >= 0.3 is 6.09 Å². The van der Waals surface area contributed by atoms with Gasteiger partial charge in [0.15, 0.2) is 0 Å². The first-order valence-electron chi connectivity index (χ1n) is 5.42. The van der Waals surface area contributed by atoms with E-state index in [0.29, 0.717) is 6.54 Å². The Labute approximate surface area is 100 Å². The lowest BCUT2D eigenvalue weighted by Crippen LogP contribution is -2.25. The van der Waals surface area contributed by atoms with Gasteiger partial charge < -0.3 is 9.47 Å². The van der Waals surface area contributed by atoms with Crippen molar-refractivity contribution in [3.05, 3.63) is 42.1 Å². The molecule has 1 aliphatic rings. The second kappa shape index (κ2) is 4.91. The van der Waals surface area contributed by atoms with Crippen molar-refractivity contribution in [2.24, 2.45) is 0 Å². The average molecular weight is 233 g/mol. The maximum absolute atomic E-state index is 11.4. The first-order valence-corrected chi connectivity index (χ1v) is 5.42. The Balaban J connectivity index is 2.16. The molecule has 0 aromatic heterocycles. The van der Waals surface area contributed by atoms with Crippen molar-refractivity contribution in [1.82, 2.24) is 4.90 Å². The Bertz CT molecular complexity index is 442. The van der Waals surface area contributed by atoms with Crippen LogP contribution in [0.4, 0.5) is 4.79 Å². The van der Waals surface area contributed by atoms with Gasteiger partial charge in [0.05, 0.1) is 14.2 Å². The lowest BCUT2D eigenvalue weighted by atomic mass is 9.99. The number of methoxy groups -OCH3 is 2. The number of rotatable bonds is 2. The minimum Gasteiger partial charge on any atom is -0.496 e. The van der Waals surface area contributed by atoms with Gasteiger partial charge in [0.1, 0.15) is 5.75 Å². The van der Waals surface area contributed by atoms with E-state index in [2.05, 4.69) is 4.74 Å². The summed E-state index contributed by atoms with van der Waals surface area (Å²) in [6.45, 7) is 0.590. The van der Waals surface area contributed by atoms with E-state index >= 15 is 0 Å². The molecule has 90 valence electrons. The third-order valence-corrected chi connectivity index (χ3v) is 2.84. The van der Waals surface area contributed by atoms with E-state index in [-0.39, 0.29) is 12.0 Å². The molecule has 2 rings (SSSR count). The van der Waals surface area contributed by atoms with Crippen LogP contribution in [0.15, 0.2) is 36.5 Å². The van der Waals surface area contributed by atoms with E-state index in [4.69, 9.17) is 4.74 Å². The molecule has 1 unspecified atom stereocenters. The van der Waals surface area contributed by atoms with Gasteiger partial charge in [0.25, 0.3) is 0 Å². The highest BCUT2D eigenvalue weighted by Gasteiger charge is 2.24. The largest absolute Gasteiger partial charge is 0.496 e. The van der Waals surface area contributed by atoms with Crippen molar-refractivity contribution in [2.75, 3.05) is 20.8 Å². The van der Waals surface area contributed by atoms with E-state index < -0.39 is 0 Å².